The van der Waals surface area contributed by atoms with Gasteiger partial charge in [-0.25, -0.2) is 13.4 Å². The molecule has 0 spiro atoms. The smallest absolute Gasteiger partial charge is 0.238 e. The average molecular weight is 325 g/mol. The van der Waals surface area contributed by atoms with E-state index in [4.69, 9.17) is 0 Å². The van der Waals surface area contributed by atoms with Crippen molar-refractivity contribution in [1.29, 1.82) is 0 Å². The number of sulfonamides is 1. The zero-order chi connectivity index (χ0) is 15.3. The maximum Gasteiger partial charge on any atom is 0.238 e. The molecule has 0 radical (unpaired) electrons. The van der Waals surface area contributed by atoms with E-state index in [0.29, 0.717) is 11.2 Å². The maximum atomic E-state index is 12.0. The van der Waals surface area contributed by atoms with E-state index in [1.54, 1.807) is 11.6 Å². The molecule has 21 heavy (non-hydrogen) atoms. The molecule has 0 aliphatic carbocycles. The zero-order valence-corrected chi connectivity index (χ0v) is 13.7. The Labute approximate surface area is 129 Å². The Kier molecular flexibility index (Phi) is 5.33. The summed E-state index contributed by atoms with van der Waals surface area (Å²) in [6.07, 6.45) is 1.57. The number of hydrogen-bond donors (Lipinski definition) is 2. The van der Waals surface area contributed by atoms with Crippen LogP contribution in [0.1, 0.15) is 25.0 Å². The Bertz CT molecular complexity index is 650. The summed E-state index contributed by atoms with van der Waals surface area (Å²) in [4.78, 5) is 3.92. The van der Waals surface area contributed by atoms with Crippen LogP contribution in [-0.2, 0) is 22.3 Å². The fourth-order valence-electron chi connectivity index (χ4n) is 1.74. The molecular formula is C14H19N3O2S2. The van der Waals surface area contributed by atoms with Gasteiger partial charge in [0, 0.05) is 24.2 Å². The fraction of sp³-hybridized carbons (Fsp3) is 0.357. The molecule has 0 saturated heterocycles. The fourth-order valence-corrected chi connectivity index (χ4v) is 3.71. The van der Waals surface area contributed by atoms with Crippen LogP contribution >= 0.6 is 11.3 Å². The van der Waals surface area contributed by atoms with Crippen molar-refractivity contribution >= 4 is 26.5 Å². The molecule has 1 aromatic carbocycles. The number of hydrogen-bond acceptors (Lipinski definition) is 5. The van der Waals surface area contributed by atoms with Crippen LogP contribution in [0.5, 0.6) is 0 Å². The number of aromatic nitrogens is 1. The molecule has 1 heterocycles. The second kappa shape index (κ2) is 7.02. The molecule has 0 aliphatic heterocycles. The molecular weight excluding hydrogens is 306 g/mol. The summed E-state index contributed by atoms with van der Waals surface area (Å²) >= 11 is 1.26. The summed E-state index contributed by atoms with van der Waals surface area (Å²) in [5, 5.41) is 5.45. The van der Waals surface area contributed by atoms with Crippen LogP contribution in [0.15, 0.2) is 35.8 Å². The minimum absolute atomic E-state index is 0.0511. The van der Waals surface area contributed by atoms with Gasteiger partial charge >= 0.3 is 0 Å². The maximum absolute atomic E-state index is 12.0. The summed E-state index contributed by atoms with van der Waals surface area (Å²) in [6.45, 7) is 4.96. The highest BCUT2D eigenvalue weighted by molar-refractivity contribution is 7.92. The minimum atomic E-state index is -3.41. The normalized spacial score (nSPS) is 11.8. The lowest BCUT2D eigenvalue weighted by molar-refractivity contribution is 0.589. The van der Waals surface area contributed by atoms with Crippen molar-refractivity contribution in [2.75, 3.05) is 4.72 Å². The molecule has 5 nitrogen and oxygen atoms in total. The zero-order valence-electron chi connectivity index (χ0n) is 12.0. The molecule has 0 saturated carbocycles. The standard InChI is InChI=1S/C14H19N3O2S2/c1-11(2)16-9-12-3-5-13(6-4-12)10-21(18,19)17-14-15-7-8-20-14/h3-8,11,16H,9-10H2,1-2H3,(H,15,17). The Morgan fingerprint density at radius 3 is 2.43 bits per heavy atom. The van der Waals surface area contributed by atoms with Crippen LogP contribution < -0.4 is 10.0 Å². The third-order valence-corrected chi connectivity index (χ3v) is 4.80. The second-order valence-corrected chi connectivity index (χ2v) is 7.67. The molecule has 1 aromatic heterocycles. The predicted molar refractivity (Wildman–Crippen MR) is 86.8 cm³/mol. The topological polar surface area (TPSA) is 71.1 Å². The third kappa shape index (κ3) is 5.45. The number of nitrogens with one attached hydrogen (secondary N) is 2. The molecule has 0 fully saturated rings. The minimum Gasteiger partial charge on any atom is -0.310 e. The number of thiazole rings is 1. The molecule has 2 N–H and O–H groups in total. The quantitative estimate of drug-likeness (QED) is 0.821. The van der Waals surface area contributed by atoms with Gasteiger partial charge in [0.15, 0.2) is 5.13 Å². The molecule has 2 aromatic rings. The van der Waals surface area contributed by atoms with E-state index in [1.165, 1.54) is 11.3 Å². The van der Waals surface area contributed by atoms with Gasteiger partial charge in [-0.15, -0.1) is 11.3 Å². The van der Waals surface area contributed by atoms with Crippen LogP contribution in [0.4, 0.5) is 5.13 Å². The Balaban J connectivity index is 1.96. The van der Waals surface area contributed by atoms with E-state index >= 15 is 0 Å². The van der Waals surface area contributed by atoms with Gasteiger partial charge in [-0.1, -0.05) is 38.1 Å². The van der Waals surface area contributed by atoms with Crippen molar-refractivity contribution in [3.05, 3.63) is 47.0 Å². The first kappa shape index (κ1) is 15.9. The van der Waals surface area contributed by atoms with E-state index in [-0.39, 0.29) is 5.75 Å². The largest absolute Gasteiger partial charge is 0.310 e. The van der Waals surface area contributed by atoms with Crippen molar-refractivity contribution in [1.82, 2.24) is 10.3 Å². The monoisotopic (exact) mass is 325 g/mol. The van der Waals surface area contributed by atoms with Crippen LogP contribution in [0.25, 0.3) is 0 Å². The van der Waals surface area contributed by atoms with E-state index < -0.39 is 10.0 Å². The summed E-state index contributed by atoms with van der Waals surface area (Å²) in [5.41, 5.74) is 1.89. The SMILES string of the molecule is CC(C)NCc1ccc(CS(=O)(=O)Nc2nccs2)cc1. The van der Waals surface area contributed by atoms with E-state index in [0.717, 1.165) is 17.7 Å². The van der Waals surface area contributed by atoms with Gasteiger partial charge in [0.1, 0.15) is 0 Å². The lowest BCUT2D eigenvalue weighted by Gasteiger charge is -2.09. The lowest BCUT2D eigenvalue weighted by Crippen LogP contribution is -2.21. The predicted octanol–water partition coefficient (Wildman–Crippen LogP) is 2.58. The molecule has 2 rings (SSSR count). The van der Waals surface area contributed by atoms with Crippen LogP contribution in [0.3, 0.4) is 0 Å². The Morgan fingerprint density at radius 2 is 1.86 bits per heavy atom. The highest BCUT2D eigenvalue weighted by Gasteiger charge is 2.13. The molecule has 114 valence electrons. The molecule has 0 atom stereocenters. The Hall–Kier alpha value is -1.44. The summed E-state index contributed by atoms with van der Waals surface area (Å²) in [6, 6.07) is 8.01. The number of anilines is 1. The number of nitrogens with zero attached hydrogens (tertiary/aromatic N) is 1. The molecule has 0 aliphatic rings. The van der Waals surface area contributed by atoms with Crippen LogP contribution in [0.2, 0.25) is 0 Å². The van der Waals surface area contributed by atoms with Crippen LogP contribution in [0, 0.1) is 0 Å². The molecule has 0 bridgehead atoms. The van der Waals surface area contributed by atoms with Crippen molar-refractivity contribution in [3.63, 3.8) is 0 Å². The van der Waals surface area contributed by atoms with Gasteiger partial charge in [-0.05, 0) is 11.1 Å². The van der Waals surface area contributed by atoms with E-state index in [2.05, 4.69) is 28.9 Å². The first-order valence-electron chi connectivity index (χ1n) is 6.66. The third-order valence-electron chi connectivity index (χ3n) is 2.77. The van der Waals surface area contributed by atoms with Crippen molar-refractivity contribution in [3.8, 4) is 0 Å². The van der Waals surface area contributed by atoms with Crippen molar-refractivity contribution in [2.24, 2.45) is 0 Å². The summed E-state index contributed by atoms with van der Waals surface area (Å²) in [5.74, 6) is -0.0511. The molecule has 7 heteroatoms. The van der Waals surface area contributed by atoms with Crippen molar-refractivity contribution in [2.45, 2.75) is 32.2 Å². The number of benzene rings is 1. The summed E-state index contributed by atoms with van der Waals surface area (Å²) < 4.78 is 26.5. The lowest BCUT2D eigenvalue weighted by atomic mass is 10.1. The highest BCUT2D eigenvalue weighted by Crippen LogP contribution is 2.15. The van der Waals surface area contributed by atoms with Gasteiger partial charge in [0.2, 0.25) is 10.0 Å². The van der Waals surface area contributed by atoms with Crippen LogP contribution in [-0.4, -0.2) is 19.4 Å². The first-order valence-corrected chi connectivity index (χ1v) is 9.19. The van der Waals surface area contributed by atoms with Gasteiger partial charge in [-0.2, -0.15) is 0 Å². The Morgan fingerprint density at radius 1 is 1.19 bits per heavy atom. The van der Waals surface area contributed by atoms with Gasteiger partial charge < -0.3 is 5.32 Å². The van der Waals surface area contributed by atoms with Gasteiger partial charge in [0.25, 0.3) is 0 Å². The van der Waals surface area contributed by atoms with Crippen molar-refractivity contribution < 1.29 is 8.42 Å². The van der Waals surface area contributed by atoms with Gasteiger partial charge in [-0.3, -0.25) is 4.72 Å². The van der Waals surface area contributed by atoms with E-state index in [9.17, 15) is 8.42 Å². The molecule has 0 unspecified atom stereocenters. The van der Waals surface area contributed by atoms with E-state index in [1.807, 2.05) is 24.3 Å². The molecule has 0 amide bonds. The average Bonchev–Trinajstić information content (AvgIpc) is 2.89. The highest BCUT2D eigenvalue weighted by atomic mass is 32.2. The summed E-state index contributed by atoms with van der Waals surface area (Å²) in [7, 11) is -3.41. The first-order chi connectivity index (χ1) is 9.94. The second-order valence-electron chi connectivity index (χ2n) is 5.05. The number of rotatable bonds is 7. The van der Waals surface area contributed by atoms with Gasteiger partial charge in [0.05, 0.1) is 5.75 Å².